The standard InChI is InChI=1S/C21H27ClN2O4S/c1-23(29(2,26)27)18-8-10-21(11-9-18)28-15-20(25)14-24(13-16-6-7-16)19-5-3-4-17(22)12-19/h3-5,8-12,16,20,25H,6-7,13-15H2,1-2H3. The van der Waals surface area contributed by atoms with Gasteiger partial charge in [0.05, 0.1) is 11.9 Å². The molecule has 0 aromatic heterocycles. The van der Waals surface area contributed by atoms with E-state index in [0.29, 0.717) is 28.9 Å². The minimum Gasteiger partial charge on any atom is -0.491 e. The van der Waals surface area contributed by atoms with Crippen molar-refractivity contribution >= 4 is 33.0 Å². The van der Waals surface area contributed by atoms with Crippen LogP contribution >= 0.6 is 11.6 Å². The maximum atomic E-state index is 11.6. The monoisotopic (exact) mass is 438 g/mol. The maximum absolute atomic E-state index is 11.6. The van der Waals surface area contributed by atoms with Crippen LogP contribution in [0.5, 0.6) is 5.75 Å². The summed E-state index contributed by atoms with van der Waals surface area (Å²) in [5, 5.41) is 11.2. The maximum Gasteiger partial charge on any atom is 0.231 e. The smallest absolute Gasteiger partial charge is 0.231 e. The van der Waals surface area contributed by atoms with Crippen LogP contribution in [-0.4, -0.2) is 52.6 Å². The second-order valence-corrected chi connectivity index (χ2v) is 9.97. The number of rotatable bonds is 10. The quantitative estimate of drug-likeness (QED) is 0.615. The average molecular weight is 439 g/mol. The Kier molecular flexibility index (Phi) is 6.93. The molecule has 158 valence electrons. The van der Waals surface area contributed by atoms with Crippen LogP contribution in [0, 0.1) is 5.92 Å². The Morgan fingerprint density at radius 1 is 1.17 bits per heavy atom. The second kappa shape index (κ2) is 9.24. The molecule has 8 heteroatoms. The fraction of sp³-hybridized carbons (Fsp3) is 0.429. The highest BCUT2D eigenvalue weighted by molar-refractivity contribution is 7.92. The molecular weight excluding hydrogens is 412 g/mol. The van der Waals surface area contributed by atoms with Crippen LogP contribution in [0.4, 0.5) is 11.4 Å². The van der Waals surface area contributed by atoms with Crippen LogP contribution in [0.15, 0.2) is 48.5 Å². The summed E-state index contributed by atoms with van der Waals surface area (Å²) in [4.78, 5) is 2.15. The molecule has 3 rings (SSSR count). The van der Waals surface area contributed by atoms with Crippen LogP contribution in [0.2, 0.25) is 5.02 Å². The molecule has 0 aliphatic heterocycles. The molecule has 0 saturated heterocycles. The molecule has 0 heterocycles. The molecule has 0 spiro atoms. The first-order valence-corrected chi connectivity index (χ1v) is 11.8. The number of hydrogen-bond acceptors (Lipinski definition) is 5. The van der Waals surface area contributed by atoms with Gasteiger partial charge in [0.1, 0.15) is 18.5 Å². The Morgan fingerprint density at radius 3 is 2.45 bits per heavy atom. The van der Waals surface area contributed by atoms with Crippen molar-refractivity contribution in [1.29, 1.82) is 0 Å². The highest BCUT2D eigenvalue weighted by Crippen LogP contribution is 2.32. The fourth-order valence-electron chi connectivity index (χ4n) is 3.01. The Hall–Kier alpha value is -1.96. The van der Waals surface area contributed by atoms with E-state index in [1.54, 1.807) is 24.3 Å². The predicted molar refractivity (Wildman–Crippen MR) is 118 cm³/mol. The van der Waals surface area contributed by atoms with E-state index in [1.807, 2.05) is 24.3 Å². The van der Waals surface area contributed by atoms with E-state index < -0.39 is 16.1 Å². The highest BCUT2D eigenvalue weighted by Gasteiger charge is 2.26. The van der Waals surface area contributed by atoms with Crippen molar-refractivity contribution in [3.8, 4) is 5.75 Å². The summed E-state index contributed by atoms with van der Waals surface area (Å²) in [6, 6.07) is 14.4. The summed E-state index contributed by atoms with van der Waals surface area (Å²) >= 11 is 6.13. The van der Waals surface area contributed by atoms with Gasteiger partial charge in [0, 0.05) is 30.8 Å². The number of aliphatic hydroxyl groups is 1. The predicted octanol–water partition coefficient (Wildman–Crippen LogP) is 3.39. The minimum absolute atomic E-state index is 0.142. The van der Waals surface area contributed by atoms with E-state index in [-0.39, 0.29) is 6.61 Å². The largest absolute Gasteiger partial charge is 0.491 e. The van der Waals surface area contributed by atoms with Crippen molar-refractivity contribution in [2.24, 2.45) is 5.92 Å². The van der Waals surface area contributed by atoms with Gasteiger partial charge in [-0.2, -0.15) is 0 Å². The van der Waals surface area contributed by atoms with Gasteiger partial charge in [-0.25, -0.2) is 8.42 Å². The van der Waals surface area contributed by atoms with E-state index in [1.165, 1.54) is 24.2 Å². The van der Waals surface area contributed by atoms with Crippen molar-refractivity contribution in [1.82, 2.24) is 0 Å². The van der Waals surface area contributed by atoms with Crippen LogP contribution in [0.1, 0.15) is 12.8 Å². The molecule has 0 amide bonds. The first-order valence-electron chi connectivity index (χ1n) is 9.57. The van der Waals surface area contributed by atoms with E-state index in [4.69, 9.17) is 16.3 Å². The van der Waals surface area contributed by atoms with Gasteiger partial charge >= 0.3 is 0 Å². The summed E-state index contributed by atoms with van der Waals surface area (Å²) < 4.78 is 30.1. The van der Waals surface area contributed by atoms with Gasteiger partial charge < -0.3 is 14.7 Å². The number of sulfonamides is 1. The van der Waals surface area contributed by atoms with E-state index in [0.717, 1.165) is 18.5 Å². The number of anilines is 2. The Balaban J connectivity index is 1.57. The highest BCUT2D eigenvalue weighted by atomic mass is 35.5. The first-order chi connectivity index (χ1) is 13.7. The lowest BCUT2D eigenvalue weighted by Gasteiger charge is -2.27. The van der Waals surface area contributed by atoms with Gasteiger partial charge in [-0.05, 0) is 61.2 Å². The minimum atomic E-state index is -3.30. The molecule has 1 aliphatic carbocycles. The molecule has 29 heavy (non-hydrogen) atoms. The van der Waals surface area contributed by atoms with Crippen molar-refractivity contribution in [3.05, 3.63) is 53.6 Å². The zero-order chi connectivity index (χ0) is 21.0. The molecule has 6 nitrogen and oxygen atoms in total. The SMILES string of the molecule is CN(c1ccc(OCC(O)CN(CC2CC2)c2cccc(Cl)c2)cc1)S(C)(=O)=O. The van der Waals surface area contributed by atoms with Gasteiger partial charge in [0.15, 0.2) is 0 Å². The number of hydrogen-bond donors (Lipinski definition) is 1. The van der Waals surface area contributed by atoms with Crippen molar-refractivity contribution in [2.75, 3.05) is 42.2 Å². The van der Waals surface area contributed by atoms with Gasteiger partial charge in [-0.3, -0.25) is 4.31 Å². The molecule has 0 bridgehead atoms. The third kappa shape index (κ3) is 6.52. The van der Waals surface area contributed by atoms with Crippen molar-refractivity contribution in [2.45, 2.75) is 18.9 Å². The topological polar surface area (TPSA) is 70.1 Å². The Bertz CT molecular complexity index is 917. The molecule has 1 atom stereocenters. The number of halogens is 1. The van der Waals surface area contributed by atoms with Crippen LogP contribution in [0.25, 0.3) is 0 Å². The Morgan fingerprint density at radius 2 is 1.86 bits per heavy atom. The molecule has 1 fully saturated rings. The van der Waals surface area contributed by atoms with Gasteiger partial charge in [-0.1, -0.05) is 17.7 Å². The molecule has 0 radical (unpaired) electrons. The van der Waals surface area contributed by atoms with Gasteiger partial charge in [-0.15, -0.1) is 0 Å². The number of aliphatic hydroxyl groups excluding tert-OH is 1. The number of nitrogens with zero attached hydrogens (tertiary/aromatic N) is 2. The third-order valence-electron chi connectivity index (χ3n) is 4.92. The van der Waals surface area contributed by atoms with Crippen molar-refractivity contribution < 1.29 is 18.3 Å². The fourth-order valence-corrected chi connectivity index (χ4v) is 3.70. The molecular formula is C21H27ClN2O4S. The lowest BCUT2D eigenvalue weighted by Crippen LogP contribution is -2.37. The lowest BCUT2D eigenvalue weighted by atomic mass is 10.2. The third-order valence-corrected chi connectivity index (χ3v) is 6.36. The summed E-state index contributed by atoms with van der Waals surface area (Å²) in [6.07, 6.45) is 2.92. The first kappa shape index (κ1) is 21.7. The van der Waals surface area contributed by atoms with Crippen LogP contribution < -0.4 is 13.9 Å². The van der Waals surface area contributed by atoms with Crippen LogP contribution in [-0.2, 0) is 10.0 Å². The van der Waals surface area contributed by atoms with E-state index in [2.05, 4.69) is 4.90 Å². The van der Waals surface area contributed by atoms with E-state index >= 15 is 0 Å². The normalized spacial score (nSPS) is 15.0. The molecule has 1 saturated carbocycles. The lowest BCUT2D eigenvalue weighted by molar-refractivity contribution is 0.112. The van der Waals surface area contributed by atoms with Gasteiger partial charge in [0.2, 0.25) is 10.0 Å². The summed E-state index contributed by atoms with van der Waals surface area (Å²) in [5.74, 6) is 1.24. The summed E-state index contributed by atoms with van der Waals surface area (Å²) in [6.45, 7) is 1.48. The molecule has 1 aliphatic rings. The number of ether oxygens (including phenoxy) is 1. The summed E-state index contributed by atoms with van der Waals surface area (Å²) in [7, 11) is -1.81. The van der Waals surface area contributed by atoms with Crippen LogP contribution in [0.3, 0.4) is 0 Å². The second-order valence-electron chi connectivity index (χ2n) is 7.52. The molecule has 1 N–H and O–H groups in total. The zero-order valence-electron chi connectivity index (χ0n) is 16.7. The van der Waals surface area contributed by atoms with E-state index in [9.17, 15) is 13.5 Å². The van der Waals surface area contributed by atoms with Crippen molar-refractivity contribution in [3.63, 3.8) is 0 Å². The molecule has 1 unspecified atom stereocenters. The molecule has 2 aromatic rings. The average Bonchev–Trinajstić information content (AvgIpc) is 3.49. The Labute approximate surface area is 177 Å². The molecule has 2 aromatic carbocycles. The number of benzene rings is 2. The van der Waals surface area contributed by atoms with Gasteiger partial charge in [0.25, 0.3) is 0 Å². The summed E-state index contributed by atoms with van der Waals surface area (Å²) in [5.41, 5.74) is 1.55. The zero-order valence-corrected chi connectivity index (χ0v) is 18.2.